The minimum absolute atomic E-state index is 0.0965. The average molecular weight is 1000 g/mol. The fourth-order valence-electron chi connectivity index (χ4n) is 8.01. The van der Waals surface area contributed by atoms with Crippen molar-refractivity contribution in [2.24, 2.45) is 0 Å². The topological polar surface area (TPSA) is 78.9 Å². The van der Waals surface area contributed by atoms with Crippen LogP contribution in [0.15, 0.2) is 109 Å². The van der Waals surface area contributed by atoms with Gasteiger partial charge in [-0.05, 0) is 122 Å². The Morgan fingerprint density at radius 1 is 0.292 bits per heavy atom. The van der Waals surface area contributed by atoms with Crippen molar-refractivity contribution < 1.29 is 28.6 Å². The maximum Gasteiger partial charge on any atom is 0.306 e. The van der Waals surface area contributed by atoms with Gasteiger partial charge in [-0.25, -0.2) is 0 Å². The molecule has 410 valence electrons. The number of esters is 3. The predicted octanol–water partition coefficient (Wildman–Crippen LogP) is 20.3. The van der Waals surface area contributed by atoms with E-state index >= 15 is 0 Å². The molecule has 0 aliphatic rings. The van der Waals surface area contributed by atoms with Crippen molar-refractivity contribution in [2.45, 2.75) is 277 Å². The first-order valence-electron chi connectivity index (χ1n) is 29.9. The molecule has 1 unspecified atom stereocenters. The Bertz CT molecular complexity index is 1470. The van der Waals surface area contributed by atoms with Gasteiger partial charge in [-0.3, -0.25) is 14.4 Å². The second-order valence-corrected chi connectivity index (χ2v) is 19.5. The van der Waals surface area contributed by atoms with E-state index in [-0.39, 0.29) is 31.1 Å². The van der Waals surface area contributed by atoms with Crippen LogP contribution in [0.5, 0.6) is 0 Å². The Labute approximate surface area is 444 Å². The number of carbonyl (C=O) groups is 3. The van der Waals surface area contributed by atoms with Gasteiger partial charge in [-0.1, -0.05) is 239 Å². The summed E-state index contributed by atoms with van der Waals surface area (Å²) >= 11 is 0. The average Bonchev–Trinajstić information content (AvgIpc) is 3.38. The maximum absolute atomic E-state index is 12.9. The van der Waals surface area contributed by atoms with Crippen LogP contribution in [0.4, 0.5) is 0 Å². The van der Waals surface area contributed by atoms with Gasteiger partial charge in [0, 0.05) is 19.3 Å². The van der Waals surface area contributed by atoms with Crippen LogP contribution < -0.4 is 0 Å². The van der Waals surface area contributed by atoms with Crippen molar-refractivity contribution in [3.8, 4) is 0 Å². The number of hydrogen-bond donors (Lipinski definition) is 0. The molecular weight excluding hydrogens is 889 g/mol. The molecule has 0 saturated heterocycles. The fraction of sp³-hybridized carbons (Fsp3) is 0.682. The second-order valence-electron chi connectivity index (χ2n) is 19.5. The van der Waals surface area contributed by atoms with E-state index in [1.165, 1.54) is 89.9 Å². The van der Waals surface area contributed by atoms with Crippen LogP contribution in [-0.4, -0.2) is 37.2 Å². The Morgan fingerprint density at radius 2 is 0.569 bits per heavy atom. The third kappa shape index (κ3) is 57.0. The zero-order chi connectivity index (χ0) is 52.2. The van der Waals surface area contributed by atoms with Gasteiger partial charge in [-0.2, -0.15) is 0 Å². The van der Waals surface area contributed by atoms with E-state index in [9.17, 15) is 14.4 Å². The first kappa shape index (κ1) is 68.1. The summed E-state index contributed by atoms with van der Waals surface area (Å²) in [5, 5.41) is 0. The van der Waals surface area contributed by atoms with Crippen LogP contribution in [-0.2, 0) is 28.6 Å². The number of allylic oxidation sites excluding steroid dienone is 18. The Kier molecular flexibility index (Phi) is 56.4. The van der Waals surface area contributed by atoms with Gasteiger partial charge in [0.05, 0.1) is 0 Å². The second kappa shape index (κ2) is 59.6. The predicted molar refractivity (Wildman–Crippen MR) is 311 cm³/mol. The van der Waals surface area contributed by atoms with Gasteiger partial charge in [0.2, 0.25) is 0 Å². The molecule has 6 heteroatoms. The van der Waals surface area contributed by atoms with Gasteiger partial charge in [-0.15, -0.1) is 0 Å². The number of hydrogen-bond acceptors (Lipinski definition) is 6. The Morgan fingerprint density at radius 3 is 0.917 bits per heavy atom. The van der Waals surface area contributed by atoms with Crippen LogP contribution in [0, 0.1) is 0 Å². The van der Waals surface area contributed by atoms with E-state index in [0.717, 1.165) is 141 Å². The lowest BCUT2D eigenvalue weighted by Crippen LogP contribution is -2.30. The van der Waals surface area contributed by atoms with Gasteiger partial charge in [0.15, 0.2) is 6.10 Å². The maximum atomic E-state index is 12.9. The fourth-order valence-corrected chi connectivity index (χ4v) is 8.01. The number of carbonyl (C=O) groups excluding carboxylic acids is 3. The molecule has 0 aromatic heterocycles. The molecule has 6 nitrogen and oxygen atoms in total. The Hall–Kier alpha value is -3.93. The first-order chi connectivity index (χ1) is 35.5. The van der Waals surface area contributed by atoms with E-state index in [1.54, 1.807) is 0 Å². The monoisotopic (exact) mass is 999 g/mol. The van der Waals surface area contributed by atoms with Crippen molar-refractivity contribution in [1.29, 1.82) is 0 Å². The van der Waals surface area contributed by atoms with E-state index in [4.69, 9.17) is 14.2 Å². The van der Waals surface area contributed by atoms with Crippen molar-refractivity contribution in [2.75, 3.05) is 13.2 Å². The minimum Gasteiger partial charge on any atom is -0.462 e. The lowest BCUT2D eigenvalue weighted by atomic mass is 10.1. The highest BCUT2D eigenvalue weighted by atomic mass is 16.6. The largest absolute Gasteiger partial charge is 0.462 e. The summed E-state index contributed by atoms with van der Waals surface area (Å²) in [6.45, 7) is 6.43. The zero-order valence-corrected chi connectivity index (χ0v) is 46.9. The lowest BCUT2D eigenvalue weighted by molar-refractivity contribution is -0.167. The molecule has 0 aliphatic heterocycles. The molecule has 0 fully saturated rings. The first-order valence-corrected chi connectivity index (χ1v) is 29.9. The molecule has 0 aromatic carbocycles. The van der Waals surface area contributed by atoms with Crippen molar-refractivity contribution in [3.05, 3.63) is 109 Å². The lowest BCUT2D eigenvalue weighted by Gasteiger charge is -2.18. The zero-order valence-electron chi connectivity index (χ0n) is 46.9. The summed E-state index contributed by atoms with van der Waals surface area (Å²) in [7, 11) is 0. The smallest absolute Gasteiger partial charge is 0.306 e. The molecule has 0 N–H and O–H groups in total. The van der Waals surface area contributed by atoms with Crippen LogP contribution >= 0.6 is 0 Å². The summed E-state index contributed by atoms with van der Waals surface area (Å²) in [4.78, 5) is 38.2. The molecule has 0 spiro atoms. The normalized spacial score (nSPS) is 12.9. The summed E-state index contributed by atoms with van der Waals surface area (Å²) in [5.74, 6) is -0.937. The molecule has 0 heterocycles. The van der Waals surface area contributed by atoms with E-state index in [1.807, 2.05) is 0 Å². The summed E-state index contributed by atoms with van der Waals surface area (Å²) in [6, 6.07) is 0. The van der Waals surface area contributed by atoms with Crippen LogP contribution in [0.25, 0.3) is 0 Å². The highest BCUT2D eigenvalue weighted by Gasteiger charge is 2.19. The standard InChI is InChI=1S/C66H110O6/c1-4-7-10-13-16-19-22-25-27-29-31-32-33-34-35-37-38-41-44-47-50-53-56-59-65(68)71-62-63(61-70-64(67)58-55-52-49-46-43-40-24-21-18-15-12-9-6-3)72-66(69)60-57-54-51-48-45-42-39-36-30-28-26-23-20-17-14-11-8-5-2/h7,10,12,15-16,19,21,24-25,27-28,30-32,34-35,38,41,63H,4-6,8-9,11,13-14,17-18,20,22-23,26,29,33,36-37,39-40,42-62H2,1-3H3/b10-7-,15-12-,19-16-,24-21-,27-25-,30-28-,32-31-,35-34-,41-38-. The molecule has 0 amide bonds. The van der Waals surface area contributed by atoms with Crippen LogP contribution in [0.2, 0.25) is 0 Å². The number of rotatable bonds is 53. The van der Waals surface area contributed by atoms with E-state index in [2.05, 4.69) is 130 Å². The van der Waals surface area contributed by atoms with Gasteiger partial charge in [0.1, 0.15) is 13.2 Å². The molecule has 0 radical (unpaired) electrons. The highest BCUT2D eigenvalue weighted by molar-refractivity contribution is 5.71. The molecule has 0 aliphatic carbocycles. The molecule has 0 rings (SSSR count). The van der Waals surface area contributed by atoms with Gasteiger partial charge < -0.3 is 14.2 Å². The third-order valence-electron chi connectivity index (χ3n) is 12.5. The van der Waals surface area contributed by atoms with Crippen LogP contribution in [0.3, 0.4) is 0 Å². The van der Waals surface area contributed by atoms with E-state index < -0.39 is 6.10 Å². The van der Waals surface area contributed by atoms with Crippen molar-refractivity contribution >= 4 is 17.9 Å². The molecular formula is C66H110O6. The minimum atomic E-state index is -0.799. The van der Waals surface area contributed by atoms with Gasteiger partial charge in [0.25, 0.3) is 0 Å². The summed E-state index contributed by atoms with van der Waals surface area (Å²) < 4.78 is 16.9. The molecule has 0 saturated carbocycles. The molecule has 72 heavy (non-hydrogen) atoms. The Balaban J connectivity index is 4.43. The van der Waals surface area contributed by atoms with E-state index in [0.29, 0.717) is 19.3 Å². The number of unbranched alkanes of at least 4 members (excludes halogenated alkanes) is 24. The quantitative estimate of drug-likeness (QED) is 0.0261. The van der Waals surface area contributed by atoms with Crippen LogP contribution in [0.1, 0.15) is 271 Å². The highest BCUT2D eigenvalue weighted by Crippen LogP contribution is 2.14. The number of ether oxygens (including phenoxy) is 3. The molecule has 0 bridgehead atoms. The van der Waals surface area contributed by atoms with Gasteiger partial charge >= 0.3 is 17.9 Å². The van der Waals surface area contributed by atoms with Crippen molar-refractivity contribution in [3.63, 3.8) is 0 Å². The molecule has 0 aromatic rings. The summed E-state index contributed by atoms with van der Waals surface area (Å²) in [5.41, 5.74) is 0. The SMILES string of the molecule is CC/C=C\C/C=C\C/C=C\C/C=C\C/C=C\C/C=C\CCCCCCC(=O)OCC(COC(=O)CCCCCCC/C=C\C/C=C\CCC)OC(=O)CCCCCCCCC/C=C\CCCCCCCCC. The molecule has 1 atom stereocenters. The van der Waals surface area contributed by atoms with Crippen molar-refractivity contribution in [1.82, 2.24) is 0 Å². The third-order valence-corrected chi connectivity index (χ3v) is 12.5. The summed E-state index contributed by atoms with van der Waals surface area (Å²) in [6.07, 6.45) is 80.8.